The van der Waals surface area contributed by atoms with Crippen LogP contribution >= 0.6 is 0 Å². The van der Waals surface area contributed by atoms with E-state index in [2.05, 4.69) is 6.07 Å². The van der Waals surface area contributed by atoms with Crippen LogP contribution in [-0.4, -0.2) is 41.7 Å². The number of methoxy groups -OCH3 is 1. The van der Waals surface area contributed by atoms with E-state index in [0.29, 0.717) is 23.8 Å². The lowest BCUT2D eigenvalue weighted by Gasteiger charge is -2.37. The minimum atomic E-state index is -2.87. The number of rotatable bonds is 4. The molecule has 1 saturated heterocycles. The van der Waals surface area contributed by atoms with Gasteiger partial charge in [-0.05, 0) is 29.8 Å². The number of aromatic nitrogens is 2. The van der Waals surface area contributed by atoms with Gasteiger partial charge in [-0.3, -0.25) is 0 Å². The highest BCUT2D eigenvalue weighted by Crippen LogP contribution is 2.32. The monoisotopic (exact) mass is 397 g/mol. The van der Waals surface area contributed by atoms with Crippen molar-refractivity contribution in [1.82, 2.24) is 9.55 Å². The number of ether oxygens (including phenoxy) is 1. The molecule has 0 bridgehead atoms. The summed E-state index contributed by atoms with van der Waals surface area (Å²) in [5.74, 6) is -1.58. The van der Waals surface area contributed by atoms with Crippen LogP contribution in [0.4, 0.5) is 14.7 Å². The van der Waals surface area contributed by atoms with Gasteiger partial charge in [0.25, 0.3) is 5.92 Å². The van der Waals surface area contributed by atoms with Gasteiger partial charge in [0.1, 0.15) is 5.75 Å². The van der Waals surface area contributed by atoms with E-state index < -0.39 is 12.0 Å². The van der Waals surface area contributed by atoms with Gasteiger partial charge >= 0.3 is 0 Å². The molecule has 4 rings (SSSR count). The second-order valence-corrected chi connectivity index (χ2v) is 7.22. The lowest BCUT2D eigenvalue weighted by atomic mass is 10.0. The van der Waals surface area contributed by atoms with Crippen molar-refractivity contribution in [2.24, 2.45) is 5.73 Å². The van der Waals surface area contributed by atoms with Crippen molar-refractivity contribution in [3.63, 3.8) is 0 Å². The van der Waals surface area contributed by atoms with Gasteiger partial charge < -0.3 is 19.9 Å². The fraction of sp³-hybridized carbons (Fsp3) is 0.333. The zero-order valence-corrected chi connectivity index (χ0v) is 16.0. The predicted octanol–water partition coefficient (Wildman–Crippen LogP) is 3.14. The molecule has 0 amide bonds. The number of hydrogen-bond donors (Lipinski definition) is 1. The fourth-order valence-corrected chi connectivity index (χ4v) is 3.59. The van der Waals surface area contributed by atoms with Crippen LogP contribution in [0.1, 0.15) is 17.5 Å². The second kappa shape index (κ2) is 7.33. The molecule has 29 heavy (non-hydrogen) atoms. The lowest BCUT2D eigenvalue weighted by molar-refractivity contribution is -0.0395. The molecule has 8 heteroatoms. The minimum absolute atomic E-state index is 0.0286. The van der Waals surface area contributed by atoms with Crippen LogP contribution in [0, 0.1) is 11.3 Å². The first kappa shape index (κ1) is 19.2. The van der Waals surface area contributed by atoms with Gasteiger partial charge in [0.2, 0.25) is 5.95 Å². The molecule has 2 N–H and O–H groups in total. The molecule has 1 aliphatic heterocycles. The summed E-state index contributed by atoms with van der Waals surface area (Å²) >= 11 is 0. The van der Waals surface area contributed by atoms with Gasteiger partial charge in [0, 0.05) is 25.6 Å². The van der Waals surface area contributed by atoms with Crippen LogP contribution in [0.3, 0.4) is 0 Å². The third-order valence-corrected chi connectivity index (χ3v) is 5.32. The van der Waals surface area contributed by atoms with E-state index in [1.807, 2.05) is 39.8 Å². The average molecular weight is 397 g/mol. The van der Waals surface area contributed by atoms with E-state index >= 15 is 0 Å². The van der Waals surface area contributed by atoms with E-state index in [1.165, 1.54) is 0 Å². The van der Waals surface area contributed by atoms with Gasteiger partial charge in [-0.2, -0.15) is 5.26 Å². The number of nitrogens with two attached hydrogens (primary N) is 1. The van der Waals surface area contributed by atoms with E-state index in [0.717, 1.165) is 16.6 Å². The summed E-state index contributed by atoms with van der Waals surface area (Å²) in [5.41, 5.74) is 8.88. The molecule has 0 aliphatic carbocycles. The summed E-state index contributed by atoms with van der Waals surface area (Å²) in [4.78, 5) is 6.52. The Balaban J connectivity index is 1.76. The average Bonchev–Trinajstić information content (AvgIpc) is 3.08. The SMILES string of the molecule is COc1ccc2nc(N3CCC(F)(F)[C@H](N)C3)n(Cc3ccc(C#N)cc3)c2c1. The highest BCUT2D eigenvalue weighted by molar-refractivity contribution is 5.80. The molecule has 1 fully saturated rings. The van der Waals surface area contributed by atoms with Crippen molar-refractivity contribution < 1.29 is 13.5 Å². The Kier molecular flexibility index (Phi) is 4.84. The smallest absolute Gasteiger partial charge is 0.266 e. The Bertz CT molecular complexity index is 1070. The molecule has 1 aromatic heterocycles. The summed E-state index contributed by atoms with van der Waals surface area (Å²) < 4.78 is 35.1. The van der Waals surface area contributed by atoms with Crippen LogP contribution in [0.15, 0.2) is 42.5 Å². The van der Waals surface area contributed by atoms with E-state index in [4.69, 9.17) is 20.7 Å². The summed E-state index contributed by atoms with van der Waals surface area (Å²) in [7, 11) is 1.59. The number of nitrogens with zero attached hydrogens (tertiary/aromatic N) is 4. The highest BCUT2D eigenvalue weighted by atomic mass is 19.3. The number of anilines is 1. The highest BCUT2D eigenvalue weighted by Gasteiger charge is 2.42. The number of piperidine rings is 1. The van der Waals surface area contributed by atoms with Crippen molar-refractivity contribution in [1.29, 1.82) is 5.26 Å². The summed E-state index contributed by atoms with van der Waals surface area (Å²) in [5, 5.41) is 9.01. The van der Waals surface area contributed by atoms with Gasteiger partial charge in [0.15, 0.2) is 0 Å². The molecular formula is C21H21F2N5O. The van der Waals surface area contributed by atoms with E-state index in [-0.39, 0.29) is 19.5 Å². The van der Waals surface area contributed by atoms with Gasteiger partial charge in [0.05, 0.1) is 42.4 Å². The molecule has 0 unspecified atom stereocenters. The van der Waals surface area contributed by atoms with Crippen molar-refractivity contribution in [2.45, 2.75) is 24.9 Å². The van der Waals surface area contributed by atoms with E-state index in [1.54, 1.807) is 19.2 Å². The second-order valence-electron chi connectivity index (χ2n) is 7.22. The number of fused-ring (bicyclic) bond motifs is 1. The Morgan fingerprint density at radius 3 is 2.69 bits per heavy atom. The summed E-state index contributed by atoms with van der Waals surface area (Å²) in [6.45, 7) is 0.683. The van der Waals surface area contributed by atoms with E-state index in [9.17, 15) is 8.78 Å². The van der Waals surface area contributed by atoms with Gasteiger partial charge in [-0.25, -0.2) is 13.8 Å². The molecule has 2 heterocycles. The molecule has 1 aliphatic rings. The molecule has 2 aromatic carbocycles. The topological polar surface area (TPSA) is 80.1 Å². The molecule has 0 spiro atoms. The normalized spacial score (nSPS) is 18.6. The third-order valence-electron chi connectivity index (χ3n) is 5.32. The van der Waals surface area contributed by atoms with Crippen LogP contribution in [-0.2, 0) is 6.54 Å². The molecule has 6 nitrogen and oxygen atoms in total. The first-order chi connectivity index (χ1) is 13.9. The Morgan fingerprint density at radius 2 is 2.03 bits per heavy atom. The summed E-state index contributed by atoms with van der Waals surface area (Å²) in [6.07, 6.45) is -0.308. The standard InChI is InChI=1S/C21H21F2N5O/c1-29-16-6-7-17-18(10-16)28(12-15-4-2-14(11-24)3-5-15)20(26-17)27-9-8-21(22,23)19(25)13-27/h2-7,10,19H,8-9,12-13,25H2,1H3/t19-/m1/s1. The largest absolute Gasteiger partial charge is 0.497 e. The number of nitriles is 1. The number of halogens is 2. The zero-order valence-electron chi connectivity index (χ0n) is 16.0. The molecule has 3 aromatic rings. The predicted molar refractivity (Wildman–Crippen MR) is 106 cm³/mol. The minimum Gasteiger partial charge on any atom is -0.497 e. The van der Waals surface area contributed by atoms with Crippen LogP contribution in [0.2, 0.25) is 0 Å². The van der Waals surface area contributed by atoms with Crippen LogP contribution in [0.5, 0.6) is 5.75 Å². The first-order valence-electron chi connectivity index (χ1n) is 9.33. The van der Waals surface area contributed by atoms with Crippen molar-refractivity contribution in [3.05, 3.63) is 53.6 Å². The van der Waals surface area contributed by atoms with Gasteiger partial charge in [-0.1, -0.05) is 12.1 Å². The van der Waals surface area contributed by atoms with Crippen molar-refractivity contribution in [2.75, 3.05) is 25.1 Å². The Hall–Kier alpha value is -3.18. The number of alkyl halides is 2. The Labute approximate surface area is 167 Å². The van der Waals surface area contributed by atoms with Crippen molar-refractivity contribution in [3.8, 4) is 11.8 Å². The Morgan fingerprint density at radius 1 is 1.28 bits per heavy atom. The van der Waals surface area contributed by atoms with Crippen molar-refractivity contribution >= 4 is 17.0 Å². The fourth-order valence-electron chi connectivity index (χ4n) is 3.59. The zero-order chi connectivity index (χ0) is 20.6. The van der Waals surface area contributed by atoms with Gasteiger partial charge in [-0.15, -0.1) is 0 Å². The molecule has 0 radical (unpaired) electrons. The maximum Gasteiger partial charge on any atom is 0.266 e. The third kappa shape index (κ3) is 3.61. The van der Waals surface area contributed by atoms with Crippen LogP contribution < -0.4 is 15.4 Å². The maximum absolute atomic E-state index is 13.9. The number of benzene rings is 2. The lowest BCUT2D eigenvalue weighted by Crippen LogP contribution is -2.55. The molecule has 1 atom stereocenters. The summed E-state index contributed by atoms with van der Waals surface area (Å²) in [6, 6.07) is 13.7. The maximum atomic E-state index is 13.9. The molecular weight excluding hydrogens is 376 g/mol. The first-order valence-corrected chi connectivity index (χ1v) is 9.33. The molecule has 150 valence electrons. The quantitative estimate of drug-likeness (QED) is 0.732. The molecule has 0 saturated carbocycles. The number of hydrogen-bond acceptors (Lipinski definition) is 5. The number of imidazole rings is 1. The van der Waals surface area contributed by atoms with Crippen LogP contribution in [0.25, 0.3) is 11.0 Å².